The van der Waals surface area contributed by atoms with Crippen molar-refractivity contribution in [3.8, 4) is 11.9 Å². The lowest BCUT2D eigenvalue weighted by atomic mass is 10.1. The van der Waals surface area contributed by atoms with E-state index in [4.69, 9.17) is 9.47 Å². The SMILES string of the molecule is COCc1cc(C)nc(OCC(=O)N/N=C\c2ccc(N(C)C)cc2)c1C#N. The summed E-state index contributed by atoms with van der Waals surface area (Å²) in [5, 5.41) is 13.3. The summed E-state index contributed by atoms with van der Waals surface area (Å²) in [6.45, 7) is 1.72. The van der Waals surface area contributed by atoms with Gasteiger partial charge in [-0.15, -0.1) is 0 Å². The third kappa shape index (κ3) is 5.79. The Labute approximate surface area is 164 Å². The number of pyridine rings is 1. The number of methoxy groups -OCH3 is 1. The molecule has 2 rings (SSSR count). The molecule has 1 aromatic carbocycles. The summed E-state index contributed by atoms with van der Waals surface area (Å²) < 4.78 is 10.5. The summed E-state index contributed by atoms with van der Waals surface area (Å²) in [5.41, 5.74) is 5.89. The van der Waals surface area contributed by atoms with Crippen molar-refractivity contribution < 1.29 is 14.3 Å². The second-order valence-corrected chi connectivity index (χ2v) is 6.22. The molecule has 0 aliphatic carbocycles. The number of aromatic nitrogens is 1. The predicted octanol–water partition coefficient (Wildman–Crippen LogP) is 2.00. The van der Waals surface area contributed by atoms with Gasteiger partial charge in [0.25, 0.3) is 5.91 Å². The van der Waals surface area contributed by atoms with Crippen LogP contribution in [0.5, 0.6) is 5.88 Å². The van der Waals surface area contributed by atoms with Crippen LogP contribution in [0.15, 0.2) is 35.4 Å². The molecule has 0 saturated heterocycles. The number of ether oxygens (including phenoxy) is 2. The molecule has 8 nitrogen and oxygen atoms in total. The zero-order chi connectivity index (χ0) is 20.5. The van der Waals surface area contributed by atoms with Crippen molar-refractivity contribution in [1.29, 1.82) is 5.26 Å². The Morgan fingerprint density at radius 3 is 2.68 bits per heavy atom. The molecule has 1 amide bonds. The second-order valence-electron chi connectivity index (χ2n) is 6.22. The molecule has 0 fully saturated rings. The molecule has 2 aromatic rings. The average molecular weight is 381 g/mol. The Morgan fingerprint density at radius 1 is 1.36 bits per heavy atom. The molecular formula is C20H23N5O3. The van der Waals surface area contributed by atoms with Crippen LogP contribution in [0.4, 0.5) is 5.69 Å². The fourth-order valence-corrected chi connectivity index (χ4v) is 2.41. The molecular weight excluding hydrogens is 358 g/mol. The standard InChI is InChI=1S/C20H23N5O3/c1-14-9-16(12-27-4)18(10-21)20(23-14)28-13-19(26)24-22-11-15-5-7-17(8-6-15)25(2)3/h5-9,11H,12-13H2,1-4H3,(H,24,26)/b22-11-. The molecule has 1 heterocycles. The first-order chi connectivity index (χ1) is 13.4. The molecule has 0 aliphatic heterocycles. The van der Waals surface area contributed by atoms with E-state index in [-0.39, 0.29) is 24.7 Å². The summed E-state index contributed by atoms with van der Waals surface area (Å²) >= 11 is 0. The zero-order valence-electron chi connectivity index (χ0n) is 16.4. The van der Waals surface area contributed by atoms with E-state index in [2.05, 4.69) is 15.5 Å². The molecule has 28 heavy (non-hydrogen) atoms. The lowest BCUT2D eigenvalue weighted by molar-refractivity contribution is -0.123. The number of hydrogen-bond donors (Lipinski definition) is 1. The van der Waals surface area contributed by atoms with Gasteiger partial charge in [0.2, 0.25) is 5.88 Å². The van der Waals surface area contributed by atoms with Crippen LogP contribution in [-0.2, 0) is 16.1 Å². The van der Waals surface area contributed by atoms with Crippen molar-refractivity contribution in [3.63, 3.8) is 0 Å². The first-order valence-electron chi connectivity index (χ1n) is 8.56. The lowest BCUT2D eigenvalue weighted by Crippen LogP contribution is -2.25. The first-order valence-corrected chi connectivity index (χ1v) is 8.56. The van der Waals surface area contributed by atoms with Crippen molar-refractivity contribution in [2.24, 2.45) is 5.10 Å². The van der Waals surface area contributed by atoms with Crippen molar-refractivity contribution >= 4 is 17.8 Å². The number of anilines is 1. The van der Waals surface area contributed by atoms with Gasteiger partial charge in [-0.3, -0.25) is 4.79 Å². The monoisotopic (exact) mass is 381 g/mol. The van der Waals surface area contributed by atoms with Crippen LogP contribution in [0.2, 0.25) is 0 Å². The van der Waals surface area contributed by atoms with Crippen LogP contribution in [-0.4, -0.2) is 44.9 Å². The average Bonchev–Trinajstić information content (AvgIpc) is 2.67. The number of amides is 1. The van der Waals surface area contributed by atoms with Gasteiger partial charge in [-0.2, -0.15) is 10.4 Å². The maximum atomic E-state index is 12.0. The van der Waals surface area contributed by atoms with Crippen molar-refractivity contribution in [3.05, 3.63) is 52.7 Å². The number of nitrogens with zero attached hydrogens (tertiary/aromatic N) is 4. The van der Waals surface area contributed by atoms with Gasteiger partial charge in [-0.05, 0) is 30.7 Å². The molecule has 0 spiro atoms. The Bertz CT molecular complexity index is 886. The highest BCUT2D eigenvalue weighted by molar-refractivity contribution is 5.83. The normalized spacial score (nSPS) is 10.5. The van der Waals surface area contributed by atoms with E-state index < -0.39 is 5.91 Å². The zero-order valence-corrected chi connectivity index (χ0v) is 16.4. The topological polar surface area (TPSA) is 99.8 Å². The van der Waals surface area contributed by atoms with Crippen LogP contribution in [0.1, 0.15) is 22.4 Å². The van der Waals surface area contributed by atoms with Gasteiger partial charge in [-0.1, -0.05) is 12.1 Å². The third-order valence-electron chi connectivity index (χ3n) is 3.76. The molecule has 8 heteroatoms. The summed E-state index contributed by atoms with van der Waals surface area (Å²) in [7, 11) is 5.46. The Morgan fingerprint density at radius 2 is 2.07 bits per heavy atom. The first kappa shape index (κ1) is 20.9. The summed E-state index contributed by atoms with van der Waals surface area (Å²) in [6.07, 6.45) is 1.54. The van der Waals surface area contributed by atoms with Gasteiger partial charge in [0.05, 0.1) is 12.8 Å². The largest absolute Gasteiger partial charge is 0.467 e. The minimum Gasteiger partial charge on any atom is -0.467 e. The summed E-state index contributed by atoms with van der Waals surface area (Å²) in [6, 6.07) is 11.5. The highest BCUT2D eigenvalue weighted by Crippen LogP contribution is 2.21. The number of nitrogens with one attached hydrogen (secondary N) is 1. The van der Waals surface area contributed by atoms with E-state index in [9.17, 15) is 10.1 Å². The minimum atomic E-state index is -0.457. The molecule has 0 saturated carbocycles. The number of nitriles is 1. The summed E-state index contributed by atoms with van der Waals surface area (Å²) in [4.78, 5) is 18.1. The van der Waals surface area contributed by atoms with E-state index in [1.54, 1.807) is 19.2 Å². The van der Waals surface area contributed by atoms with E-state index in [0.717, 1.165) is 11.3 Å². The van der Waals surface area contributed by atoms with Crippen LogP contribution in [0.3, 0.4) is 0 Å². The molecule has 0 radical (unpaired) electrons. The number of hydrogen-bond acceptors (Lipinski definition) is 7. The summed E-state index contributed by atoms with van der Waals surface area (Å²) in [5.74, 6) is -0.352. The quantitative estimate of drug-likeness (QED) is 0.555. The van der Waals surface area contributed by atoms with E-state index in [0.29, 0.717) is 11.3 Å². The number of hydrazone groups is 1. The van der Waals surface area contributed by atoms with Gasteiger partial charge in [-0.25, -0.2) is 10.4 Å². The fourth-order valence-electron chi connectivity index (χ4n) is 2.41. The van der Waals surface area contributed by atoms with Crippen LogP contribution in [0, 0.1) is 18.3 Å². The molecule has 1 N–H and O–H groups in total. The van der Waals surface area contributed by atoms with Crippen molar-refractivity contribution in [2.75, 3.05) is 32.7 Å². The second kappa shape index (κ2) is 10.0. The number of carbonyl (C=O) groups excluding carboxylic acids is 1. The molecule has 0 unspecified atom stereocenters. The number of benzene rings is 1. The molecule has 0 bridgehead atoms. The smallest absolute Gasteiger partial charge is 0.278 e. The molecule has 0 aliphatic rings. The fraction of sp³-hybridized carbons (Fsp3) is 0.300. The number of carbonyl (C=O) groups is 1. The molecule has 0 atom stereocenters. The van der Waals surface area contributed by atoms with Crippen molar-refractivity contribution in [1.82, 2.24) is 10.4 Å². The predicted molar refractivity (Wildman–Crippen MR) is 106 cm³/mol. The highest BCUT2D eigenvalue weighted by Gasteiger charge is 2.14. The maximum absolute atomic E-state index is 12.0. The van der Waals surface area contributed by atoms with E-state index in [1.165, 1.54) is 7.11 Å². The molecule has 146 valence electrons. The van der Waals surface area contributed by atoms with Crippen LogP contribution >= 0.6 is 0 Å². The maximum Gasteiger partial charge on any atom is 0.278 e. The van der Waals surface area contributed by atoms with Gasteiger partial charge in [0.1, 0.15) is 11.6 Å². The minimum absolute atomic E-state index is 0.105. The Kier molecular flexibility index (Phi) is 7.48. The van der Waals surface area contributed by atoms with Gasteiger partial charge >= 0.3 is 0 Å². The number of rotatable bonds is 8. The van der Waals surface area contributed by atoms with Gasteiger partial charge < -0.3 is 14.4 Å². The Balaban J connectivity index is 1.94. The van der Waals surface area contributed by atoms with Crippen LogP contribution in [0.25, 0.3) is 0 Å². The third-order valence-corrected chi connectivity index (χ3v) is 3.76. The van der Waals surface area contributed by atoms with Gasteiger partial charge in [0.15, 0.2) is 6.61 Å². The number of aryl methyl sites for hydroxylation is 1. The van der Waals surface area contributed by atoms with Crippen LogP contribution < -0.4 is 15.1 Å². The van der Waals surface area contributed by atoms with Crippen molar-refractivity contribution in [2.45, 2.75) is 13.5 Å². The molecule has 1 aromatic heterocycles. The van der Waals surface area contributed by atoms with E-state index in [1.807, 2.05) is 49.3 Å². The van der Waals surface area contributed by atoms with E-state index >= 15 is 0 Å². The van der Waals surface area contributed by atoms with Gasteiger partial charge in [0, 0.05) is 38.1 Å². The lowest BCUT2D eigenvalue weighted by Gasteiger charge is -2.11. The highest BCUT2D eigenvalue weighted by atomic mass is 16.5. The Hall–Kier alpha value is -3.44.